The van der Waals surface area contributed by atoms with Crippen LogP contribution in [-0.2, 0) is 14.3 Å². The standard InChI is InChI=1S/C26H30O7/c1-19(2)25(27)30-16-6-4-3-5-15-29-21-9-7-20(8-10-21)26(28)33-23-13-11-22(12-14-23)31-17-24-18-32-24/h7-14,24H,1,3-6,15-18H2,2H3. The average Bonchev–Trinajstić information content (AvgIpc) is 3.65. The van der Waals surface area contributed by atoms with Gasteiger partial charge >= 0.3 is 11.9 Å². The number of rotatable bonds is 14. The molecule has 3 rings (SSSR count). The molecule has 33 heavy (non-hydrogen) atoms. The fourth-order valence-electron chi connectivity index (χ4n) is 2.85. The van der Waals surface area contributed by atoms with Crippen LogP contribution in [0.15, 0.2) is 60.7 Å². The molecule has 1 unspecified atom stereocenters. The zero-order chi connectivity index (χ0) is 23.5. The third kappa shape index (κ3) is 8.98. The van der Waals surface area contributed by atoms with E-state index in [-0.39, 0.29) is 12.1 Å². The molecular weight excluding hydrogens is 424 g/mol. The summed E-state index contributed by atoms with van der Waals surface area (Å²) in [4.78, 5) is 23.6. The van der Waals surface area contributed by atoms with E-state index in [0.717, 1.165) is 32.3 Å². The Morgan fingerprint density at radius 2 is 1.45 bits per heavy atom. The Hall–Kier alpha value is -3.32. The maximum Gasteiger partial charge on any atom is 0.343 e. The normalized spacial score (nSPS) is 14.3. The van der Waals surface area contributed by atoms with Crippen LogP contribution in [0.3, 0.4) is 0 Å². The van der Waals surface area contributed by atoms with Gasteiger partial charge in [0.1, 0.15) is 30.0 Å². The van der Waals surface area contributed by atoms with Crippen LogP contribution < -0.4 is 14.2 Å². The predicted octanol–water partition coefficient (Wildman–Crippen LogP) is 4.74. The van der Waals surface area contributed by atoms with Gasteiger partial charge in [-0.2, -0.15) is 0 Å². The lowest BCUT2D eigenvalue weighted by Crippen LogP contribution is -2.08. The average molecular weight is 455 g/mol. The van der Waals surface area contributed by atoms with E-state index in [2.05, 4.69) is 6.58 Å². The molecule has 0 aliphatic carbocycles. The van der Waals surface area contributed by atoms with Crippen molar-refractivity contribution in [1.82, 2.24) is 0 Å². The monoisotopic (exact) mass is 454 g/mol. The summed E-state index contributed by atoms with van der Waals surface area (Å²) in [6, 6.07) is 13.8. The molecule has 1 fully saturated rings. The topological polar surface area (TPSA) is 83.6 Å². The van der Waals surface area contributed by atoms with Crippen LogP contribution >= 0.6 is 0 Å². The molecule has 0 aromatic heterocycles. The zero-order valence-electron chi connectivity index (χ0n) is 18.9. The van der Waals surface area contributed by atoms with Crippen LogP contribution in [0, 0.1) is 0 Å². The van der Waals surface area contributed by atoms with Crippen molar-refractivity contribution in [3.8, 4) is 17.2 Å². The van der Waals surface area contributed by atoms with Crippen molar-refractivity contribution < 1.29 is 33.3 Å². The summed E-state index contributed by atoms with van der Waals surface area (Å²) in [6.45, 7) is 7.45. The van der Waals surface area contributed by atoms with Gasteiger partial charge in [0.05, 0.1) is 25.4 Å². The van der Waals surface area contributed by atoms with Crippen molar-refractivity contribution >= 4 is 11.9 Å². The minimum atomic E-state index is -0.436. The van der Waals surface area contributed by atoms with E-state index in [0.29, 0.717) is 48.2 Å². The van der Waals surface area contributed by atoms with Crippen molar-refractivity contribution in [1.29, 1.82) is 0 Å². The van der Waals surface area contributed by atoms with E-state index in [9.17, 15) is 9.59 Å². The largest absolute Gasteiger partial charge is 0.494 e. The lowest BCUT2D eigenvalue weighted by molar-refractivity contribution is -0.139. The SMILES string of the molecule is C=C(C)C(=O)OCCCCCCOc1ccc(C(=O)Oc2ccc(OCC3CO3)cc2)cc1. The molecule has 1 saturated heterocycles. The molecule has 0 spiro atoms. The number of hydrogen-bond acceptors (Lipinski definition) is 7. The molecule has 176 valence electrons. The van der Waals surface area contributed by atoms with Gasteiger partial charge in [0.2, 0.25) is 0 Å². The highest BCUT2D eigenvalue weighted by molar-refractivity contribution is 5.91. The first-order valence-electron chi connectivity index (χ1n) is 11.1. The number of epoxide rings is 1. The third-order valence-corrected chi connectivity index (χ3v) is 4.85. The van der Waals surface area contributed by atoms with Crippen LogP contribution in [0.5, 0.6) is 17.2 Å². The summed E-state index contributed by atoms with van der Waals surface area (Å²) in [5.41, 5.74) is 0.861. The number of carbonyl (C=O) groups excluding carboxylic acids is 2. The lowest BCUT2D eigenvalue weighted by atomic mass is 10.2. The van der Waals surface area contributed by atoms with Gasteiger partial charge in [0.25, 0.3) is 0 Å². The van der Waals surface area contributed by atoms with E-state index < -0.39 is 5.97 Å². The molecule has 0 N–H and O–H groups in total. The Morgan fingerprint density at radius 3 is 2.09 bits per heavy atom. The lowest BCUT2D eigenvalue weighted by Gasteiger charge is -2.09. The Balaban J connectivity index is 1.30. The molecule has 1 aliphatic rings. The summed E-state index contributed by atoms with van der Waals surface area (Å²) in [5, 5.41) is 0. The molecule has 1 atom stereocenters. The number of benzene rings is 2. The minimum Gasteiger partial charge on any atom is -0.494 e. The van der Waals surface area contributed by atoms with Crippen LogP contribution in [0.1, 0.15) is 43.0 Å². The van der Waals surface area contributed by atoms with Crippen molar-refractivity contribution in [2.45, 2.75) is 38.7 Å². The van der Waals surface area contributed by atoms with Gasteiger partial charge in [-0.15, -0.1) is 0 Å². The summed E-state index contributed by atoms with van der Waals surface area (Å²) in [7, 11) is 0. The molecule has 0 bridgehead atoms. The zero-order valence-corrected chi connectivity index (χ0v) is 18.9. The van der Waals surface area contributed by atoms with Crippen molar-refractivity contribution in [3.05, 3.63) is 66.2 Å². The fourth-order valence-corrected chi connectivity index (χ4v) is 2.85. The third-order valence-electron chi connectivity index (χ3n) is 4.85. The summed E-state index contributed by atoms with van der Waals surface area (Å²) in [5.74, 6) is 1.08. The van der Waals surface area contributed by atoms with E-state index in [1.54, 1.807) is 55.5 Å². The first-order chi connectivity index (χ1) is 16.0. The number of carbonyl (C=O) groups is 2. The maximum atomic E-state index is 12.4. The van der Waals surface area contributed by atoms with Crippen molar-refractivity contribution in [2.75, 3.05) is 26.4 Å². The minimum absolute atomic E-state index is 0.194. The van der Waals surface area contributed by atoms with Crippen LogP contribution in [0.2, 0.25) is 0 Å². The Bertz CT molecular complexity index is 915. The van der Waals surface area contributed by atoms with Gasteiger partial charge in [-0.05, 0) is 81.1 Å². The van der Waals surface area contributed by atoms with Gasteiger partial charge in [0.15, 0.2) is 0 Å². The second kappa shape index (κ2) is 12.6. The van der Waals surface area contributed by atoms with Crippen molar-refractivity contribution in [2.24, 2.45) is 0 Å². The first-order valence-corrected chi connectivity index (χ1v) is 11.1. The molecule has 1 aliphatic heterocycles. The quantitative estimate of drug-likeness (QED) is 0.134. The molecule has 2 aromatic carbocycles. The highest BCUT2D eigenvalue weighted by Crippen LogP contribution is 2.21. The Labute approximate surface area is 194 Å². The molecule has 1 heterocycles. The van der Waals surface area contributed by atoms with Crippen LogP contribution in [0.25, 0.3) is 0 Å². The second-order valence-corrected chi connectivity index (χ2v) is 7.83. The molecular formula is C26H30O7. The summed E-state index contributed by atoms with van der Waals surface area (Å²) >= 11 is 0. The number of unbranched alkanes of at least 4 members (excludes halogenated alkanes) is 3. The molecule has 7 heteroatoms. The highest BCUT2D eigenvalue weighted by atomic mass is 16.6. The van der Waals surface area contributed by atoms with E-state index in [4.69, 9.17) is 23.7 Å². The van der Waals surface area contributed by atoms with Gasteiger partial charge in [-0.3, -0.25) is 0 Å². The van der Waals surface area contributed by atoms with E-state index in [1.165, 1.54) is 0 Å². The van der Waals surface area contributed by atoms with E-state index in [1.807, 2.05) is 0 Å². The molecule has 0 saturated carbocycles. The second-order valence-electron chi connectivity index (χ2n) is 7.83. The van der Waals surface area contributed by atoms with Gasteiger partial charge < -0.3 is 23.7 Å². The Kier molecular flexibility index (Phi) is 9.32. The van der Waals surface area contributed by atoms with Crippen LogP contribution in [-0.4, -0.2) is 44.5 Å². The van der Waals surface area contributed by atoms with Crippen LogP contribution in [0.4, 0.5) is 0 Å². The molecule has 0 radical (unpaired) electrons. The number of ether oxygens (including phenoxy) is 5. The van der Waals surface area contributed by atoms with E-state index >= 15 is 0 Å². The smallest absolute Gasteiger partial charge is 0.343 e. The summed E-state index contributed by atoms with van der Waals surface area (Å²) in [6.07, 6.45) is 3.85. The fraction of sp³-hybridized carbons (Fsp3) is 0.385. The maximum absolute atomic E-state index is 12.4. The number of esters is 2. The van der Waals surface area contributed by atoms with Crippen molar-refractivity contribution in [3.63, 3.8) is 0 Å². The predicted molar refractivity (Wildman–Crippen MR) is 123 cm³/mol. The Morgan fingerprint density at radius 1 is 0.879 bits per heavy atom. The number of hydrogen-bond donors (Lipinski definition) is 0. The highest BCUT2D eigenvalue weighted by Gasteiger charge is 2.23. The van der Waals surface area contributed by atoms with Gasteiger partial charge in [-0.1, -0.05) is 6.58 Å². The molecule has 0 amide bonds. The molecule has 7 nitrogen and oxygen atoms in total. The summed E-state index contributed by atoms with van der Waals surface area (Å²) < 4.78 is 26.9. The van der Waals surface area contributed by atoms with Gasteiger partial charge in [-0.25, -0.2) is 9.59 Å². The molecule has 2 aromatic rings. The first kappa shape index (κ1) is 24.3. The van der Waals surface area contributed by atoms with Gasteiger partial charge in [0, 0.05) is 5.57 Å².